The molecule has 0 unspecified atom stereocenters. The zero-order valence-corrected chi connectivity index (χ0v) is 8.16. The van der Waals surface area contributed by atoms with Crippen molar-refractivity contribution in [2.24, 2.45) is 5.73 Å². The summed E-state index contributed by atoms with van der Waals surface area (Å²) in [6.07, 6.45) is 1.41. The lowest BCUT2D eigenvalue weighted by Crippen LogP contribution is -1.95. The molecule has 3 N–H and O–H groups in total. The van der Waals surface area contributed by atoms with Crippen LogP contribution in [0.2, 0.25) is 0 Å². The Balaban J connectivity index is 2.69. The Labute approximate surface area is 84.8 Å². The van der Waals surface area contributed by atoms with Gasteiger partial charge in [-0.3, -0.25) is 0 Å². The molecule has 2 heteroatoms. The predicted molar refractivity (Wildman–Crippen MR) is 57.8 cm³/mol. The minimum absolute atomic E-state index is 0.180. The average molecular weight is 189 g/mol. The number of hydrogen-bond donors (Lipinski definition) is 2. The number of hydrogen-bond acceptors (Lipinski definition) is 2. The highest BCUT2D eigenvalue weighted by Gasteiger charge is 1.92. The SMILES string of the molecule is NCCC#Cc1cccc(CCO)c1. The predicted octanol–water partition coefficient (Wildman–Crippen LogP) is 0.922. The van der Waals surface area contributed by atoms with Crippen molar-refractivity contribution in [2.45, 2.75) is 12.8 Å². The van der Waals surface area contributed by atoms with Gasteiger partial charge in [0, 0.05) is 25.1 Å². The molecular formula is C12H15NO. The molecule has 0 atom stereocenters. The third-order valence-corrected chi connectivity index (χ3v) is 1.83. The van der Waals surface area contributed by atoms with E-state index in [1.807, 2.05) is 24.3 Å². The lowest BCUT2D eigenvalue weighted by Gasteiger charge is -1.97. The molecule has 0 heterocycles. The molecule has 0 amide bonds. The molecule has 0 saturated carbocycles. The van der Waals surface area contributed by atoms with Gasteiger partial charge in [-0.05, 0) is 24.1 Å². The Kier molecular flexibility index (Phi) is 4.77. The average Bonchev–Trinajstić information content (AvgIpc) is 2.19. The molecule has 0 radical (unpaired) electrons. The zero-order chi connectivity index (χ0) is 10.2. The molecule has 0 fully saturated rings. The number of rotatable bonds is 3. The van der Waals surface area contributed by atoms with Crippen molar-refractivity contribution in [1.29, 1.82) is 0 Å². The standard InChI is InChI=1S/C12H15NO/c13-8-2-1-4-11-5-3-6-12(10-11)7-9-14/h3,5-6,10,14H,2,7-9,13H2. The van der Waals surface area contributed by atoms with Crippen LogP contribution in [0.1, 0.15) is 17.5 Å². The second kappa shape index (κ2) is 6.20. The van der Waals surface area contributed by atoms with Crippen molar-refractivity contribution in [1.82, 2.24) is 0 Å². The molecule has 0 aliphatic heterocycles. The highest BCUT2D eigenvalue weighted by molar-refractivity contribution is 5.37. The molecule has 0 aromatic heterocycles. The second-order valence-electron chi connectivity index (χ2n) is 3.01. The van der Waals surface area contributed by atoms with E-state index in [0.717, 1.165) is 17.5 Å². The van der Waals surface area contributed by atoms with Crippen LogP contribution in [-0.4, -0.2) is 18.3 Å². The van der Waals surface area contributed by atoms with Gasteiger partial charge in [-0.1, -0.05) is 24.0 Å². The summed E-state index contributed by atoms with van der Waals surface area (Å²) in [4.78, 5) is 0. The van der Waals surface area contributed by atoms with Gasteiger partial charge in [0.05, 0.1) is 0 Å². The van der Waals surface area contributed by atoms with Gasteiger partial charge in [-0.2, -0.15) is 0 Å². The van der Waals surface area contributed by atoms with E-state index >= 15 is 0 Å². The number of benzene rings is 1. The second-order valence-corrected chi connectivity index (χ2v) is 3.01. The van der Waals surface area contributed by atoms with Gasteiger partial charge in [0.25, 0.3) is 0 Å². The molecule has 0 saturated heterocycles. The Morgan fingerprint density at radius 2 is 2.21 bits per heavy atom. The quantitative estimate of drug-likeness (QED) is 0.695. The van der Waals surface area contributed by atoms with Crippen molar-refractivity contribution in [3.8, 4) is 11.8 Å². The van der Waals surface area contributed by atoms with Crippen LogP contribution in [0.3, 0.4) is 0 Å². The van der Waals surface area contributed by atoms with Crippen LogP contribution in [0.25, 0.3) is 0 Å². The van der Waals surface area contributed by atoms with Crippen LogP contribution in [-0.2, 0) is 6.42 Å². The van der Waals surface area contributed by atoms with Crippen LogP contribution in [0, 0.1) is 11.8 Å². The summed E-state index contributed by atoms with van der Waals surface area (Å²) in [5.41, 5.74) is 7.44. The maximum atomic E-state index is 8.77. The lowest BCUT2D eigenvalue weighted by atomic mass is 10.1. The highest BCUT2D eigenvalue weighted by atomic mass is 16.2. The van der Waals surface area contributed by atoms with E-state index in [4.69, 9.17) is 10.8 Å². The first-order chi connectivity index (χ1) is 6.86. The fraction of sp³-hybridized carbons (Fsp3) is 0.333. The van der Waals surface area contributed by atoms with Gasteiger partial charge in [-0.15, -0.1) is 0 Å². The van der Waals surface area contributed by atoms with Crippen molar-refractivity contribution in [2.75, 3.05) is 13.2 Å². The third kappa shape index (κ3) is 3.61. The van der Waals surface area contributed by atoms with E-state index in [1.54, 1.807) is 0 Å². The first-order valence-corrected chi connectivity index (χ1v) is 4.75. The fourth-order valence-electron chi connectivity index (χ4n) is 1.17. The molecule has 1 rings (SSSR count). The van der Waals surface area contributed by atoms with Gasteiger partial charge in [0.2, 0.25) is 0 Å². The number of nitrogens with two attached hydrogens (primary N) is 1. The molecule has 1 aromatic carbocycles. The van der Waals surface area contributed by atoms with Crippen molar-refractivity contribution >= 4 is 0 Å². The molecule has 14 heavy (non-hydrogen) atoms. The van der Waals surface area contributed by atoms with E-state index < -0.39 is 0 Å². The summed E-state index contributed by atoms with van der Waals surface area (Å²) < 4.78 is 0. The Bertz CT molecular complexity index is 336. The number of aliphatic hydroxyl groups excluding tert-OH is 1. The van der Waals surface area contributed by atoms with Crippen molar-refractivity contribution < 1.29 is 5.11 Å². The minimum atomic E-state index is 0.180. The monoisotopic (exact) mass is 189 g/mol. The third-order valence-electron chi connectivity index (χ3n) is 1.83. The van der Waals surface area contributed by atoms with E-state index in [-0.39, 0.29) is 6.61 Å². The van der Waals surface area contributed by atoms with Crippen molar-refractivity contribution in [3.63, 3.8) is 0 Å². The molecule has 0 aliphatic rings. The van der Waals surface area contributed by atoms with E-state index in [0.29, 0.717) is 13.0 Å². The van der Waals surface area contributed by atoms with Gasteiger partial charge in [-0.25, -0.2) is 0 Å². The first kappa shape index (κ1) is 10.8. The Hall–Kier alpha value is -1.30. The van der Waals surface area contributed by atoms with Crippen LogP contribution in [0.15, 0.2) is 24.3 Å². The highest BCUT2D eigenvalue weighted by Crippen LogP contribution is 2.04. The van der Waals surface area contributed by atoms with E-state index in [1.165, 1.54) is 0 Å². The first-order valence-electron chi connectivity index (χ1n) is 4.75. The summed E-state index contributed by atoms with van der Waals surface area (Å²) in [5.74, 6) is 6.02. The van der Waals surface area contributed by atoms with Gasteiger partial charge >= 0.3 is 0 Å². The fourth-order valence-corrected chi connectivity index (χ4v) is 1.17. The molecule has 0 bridgehead atoms. The molecule has 1 aromatic rings. The van der Waals surface area contributed by atoms with Crippen LogP contribution >= 0.6 is 0 Å². The summed E-state index contributed by atoms with van der Waals surface area (Å²) in [6, 6.07) is 7.91. The largest absolute Gasteiger partial charge is 0.396 e. The molecule has 0 spiro atoms. The Morgan fingerprint density at radius 3 is 2.93 bits per heavy atom. The lowest BCUT2D eigenvalue weighted by molar-refractivity contribution is 0.299. The van der Waals surface area contributed by atoms with Crippen molar-refractivity contribution in [3.05, 3.63) is 35.4 Å². The van der Waals surface area contributed by atoms with Crippen LogP contribution in [0.4, 0.5) is 0 Å². The smallest absolute Gasteiger partial charge is 0.0471 e. The minimum Gasteiger partial charge on any atom is -0.396 e. The summed E-state index contributed by atoms with van der Waals surface area (Å²) in [6.45, 7) is 0.781. The summed E-state index contributed by atoms with van der Waals surface area (Å²) >= 11 is 0. The molecule has 2 nitrogen and oxygen atoms in total. The van der Waals surface area contributed by atoms with E-state index in [2.05, 4.69) is 11.8 Å². The van der Waals surface area contributed by atoms with Gasteiger partial charge < -0.3 is 10.8 Å². The van der Waals surface area contributed by atoms with Gasteiger partial charge in [0.1, 0.15) is 0 Å². The Morgan fingerprint density at radius 1 is 1.36 bits per heavy atom. The zero-order valence-electron chi connectivity index (χ0n) is 8.16. The molecule has 74 valence electrons. The maximum Gasteiger partial charge on any atom is 0.0471 e. The van der Waals surface area contributed by atoms with Crippen LogP contribution in [0.5, 0.6) is 0 Å². The topological polar surface area (TPSA) is 46.2 Å². The van der Waals surface area contributed by atoms with E-state index in [9.17, 15) is 0 Å². The van der Waals surface area contributed by atoms with Gasteiger partial charge in [0.15, 0.2) is 0 Å². The normalized spacial score (nSPS) is 9.29. The molecular weight excluding hydrogens is 174 g/mol. The summed E-state index contributed by atoms with van der Waals surface area (Å²) in [7, 11) is 0. The number of aliphatic hydroxyl groups is 1. The molecule has 0 aliphatic carbocycles. The summed E-state index contributed by atoms with van der Waals surface area (Å²) in [5, 5.41) is 8.77. The van der Waals surface area contributed by atoms with Crippen LogP contribution < -0.4 is 5.73 Å². The maximum absolute atomic E-state index is 8.77.